The lowest BCUT2D eigenvalue weighted by molar-refractivity contribution is -0.112. The SMILES string of the molecule is COc1ccc(OCCN/C=C(/C#N)C(=O)Nc2ccc(Br)cc2)cc1. The van der Waals surface area contributed by atoms with Crippen LogP contribution in [0.2, 0.25) is 0 Å². The van der Waals surface area contributed by atoms with Crippen molar-refractivity contribution in [3.05, 3.63) is 64.8 Å². The second-order valence-electron chi connectivity index (χ2n) is 5.11. The van der Waals surface area contributed by atoms with E-state index < -0.39 is 5.91 Å². The van der Waals surface area contributed by atoms with Gasteiger partial charge in [0.15, 0.2) is 0 Å². The molecule has 2 aromatic carbocycles. The van der Waals surface area contributed by atoms with Gasteiger partial charge in [-0.05, 0) is 48.5 Å². The second kappa shape index (κ2) is 10.1. The Balaban J connectivity index is 1.78. The zero-order valence-corrected chi connectivity index (χ0v) is 15.7. The van der Waals surface area contributed by atoms with Gasteiger partial charge in [0.05, 0.1) is 7.11 Å². The fourth-order valence-electron chi connectivity index (χ4n) is 1.95. The van der Waals surface area contributed by atoms with Crippen molar-refractivity contribution in [2.75, 3.05) is 25.6 Å². The Labute approximate surface area is 160 Å². The molecular weight excluding hydrogens is 398 g/mol. The maximum atomic E-state index is 12.1. The normalized spacial score (nSPS) is 10.6. The number of ether oxygens (including phenoxy) is 2. The fraction of sp³-hybridized carbons (Fsp3) is 0.158. The number of carbonyl (C=O) groups excluding carboxylic acids is 1. The zero-order chi connectivity index (χ0) is 18.8. The number of nitriles is 1. The first-order chi connectivity index (χ1) is 12.6. The Hall–Kier alpha value is -2.98. The number of rotatable bonds is 8. The van der Waals surface area contributed by atoms with Gasteiger partial charge in [-0.25, -0.2) is 0 Å². The maximum absolute atomic E-state index is 12.1. The number of amides is 1. The highest BCUT2D eigenvalue weighted by atomic mass is 79.9. The summed E-state index contributed by atoms with van der Waals surface area (Å²) >= 11 is 3.32. The number of benzene rings is 2. The molecule has 2 aromatic rings. The number of nitrogens with zero attached hydrogens (tertiary/aromatic N) is 1. The van der Waals surface area contributed by atoms with Gasteiger partial charge in [-0.3, -0.25) is 4.79 Å². The summed E-state index contributed by atoms with van der Waals surface area (Å²) in [7, 11) is 1.60. The molecule has 1 amide bonds. The average molecular weight is 416 g/mol. The molecule has 6 nitrogen and oxygen atoms in total. The molecule has 0 spiro atoms. The summed E-state index contributed by atoms with van der Waals surface area (Å²) in [6.07, 6.45) is 1.38. The quantitative estimate of drug-likeness (QED) is 0.391. The van der Waals surface area contributed by atoms with E-state index in [0.717, 1.165) is 10.2 Å². The number of carbonyl (C=O) groups is 1. The summed E-state index contributed by atoms with van der Waals surface area (Å²) in [5.74, 6) is 0.998. The molecule has 0 aliphatic rings. The van der Waals surface area contributed by atoms with Gasteiger partial charge in [0.25, 0.3) is 5.91 Å². The molecule has 0 aromatic heterocycles. The van der Waals surface area contributed by atoms with E-state index in [2.05, 4.69) is 26.6 Å². The maximum Gasteiger partial charge on any atom is 0.267 e. The summed E-state index contributed by atoms with van der Waals surface area (Å²) < 4.78 is 11.5. The van der Waals surface area contributed by atoms with E-state index in [4.69, 9.17) is 14.7 Å². The van der Waals surface area contributed by atoms with E-state index in [9.17, 15) is 4.79 Å². The largest absolute Gasteiger partial charge is 0.497 e. The molecule has 0 aliphatic heterocycles. The van der Waals surface area contributed by atoms with Crippen LogP contribution in [0, 0.1) is 11.3 Å². The van der Waals surface area contributed by atoms with Gasteiger partial charge in [-0.1, -0.05) is 15.9 Å². The van der Waals surface area contributed by atoms with Crippen molar-refractivity contribution in [2.45, 2.75) is 0 Å². The number of halogens is 1. The monoisotopic (exact) mass is 415 g/mol. The molecular formula is C19H18BrN3O3. The third-order valence-corrected chi connectivity index (χ3v) is 3.82. The van der Waals surface area contributed by atoms with Gasteiger partial charge in [-0.2, -0.15) is 5.26 Å². The van der Waals surface area contributed by atoms with E-state index >= 15 is 0 Å². The molecule has 2 rings (SSSR count). The van der Waals surface area contributed by atoms with Gasteiger partial charge in [0.2, 0.25) is 0 Å². The summed E-state index contributed by atoms with van der Waals surface area (Å²) in [6.45, 7) is 0.832. The topological polar surface area (TPSA) is 83.4 Å². The van der Waals surface area contributed by atoms with Gasteiger partial charge < -0.3 is 20.1 Å². The van der Waals surface area contributed by atoms with E-state index in [1.54, 1.807) is 43.5 Å². The van der Waals surface area contributed by atoms with Crippen LogP contribution < -0.4 is 20.1 Å². The minimum atomic E-state index is -0.474. The van der Waals surface area contributed by atoms with Gasteiger partial charge in [-0.15, -0.1) is 0 Å². The highest BCUT2D eigenvalue weighted by Crippen LogP contribution is 2.17. The van der Waals surface area contributed by atoms with Crippen LogP contribution >= 0.6 is 15.9 Å². The van der Waals surface area contributed by atoms with E-state index in [1.807, 2.05) is 18.2 Å². The van der Waals surface area contributed by atoms with Crippen molar-refractivity contribution < 1.29 is 14.3 Å². The smallest absolute Gasteiger partial charge is 0.267 e. The molecule has 26 heavy (non-hydrogen) atoms. The number of anilines is 1. The molecule has 0 atom stereocenters. The van der Waals surface area contributed by atoms with Crippen molar-refractivity contribution in [3.63, 3.8) is 0 Å². The number of nitrogens with one attached hydrogen (secondary N) is 2. The fourth-order valence-corrected chi connectivity index (χ4v) is 2.22. The van der Waals surface area contributed by atoms with E-state index in [1.165, 1.54) is 6.20 Å². The van der Waals surface area contributed by atoms with Crippen LogP contribution in [-0.2, 0) is 4.79 Å². The first kappa shape index (κ1) is 19.3. The first-order valence-corrected chi connectivity index (χ1v) is 8.59. The summed E-state index contributed by atoms with van der Waals surface area (Å²) in [5, 5.41) is 14.7. The van der Waals surface area contributed by atoms with Crippen LogP contribution in [0.25, 0.3) is 0 Å². The number of hydrogen-bond acceptors (Lipinski definition) is 5. The average Bonchev–Trinajstić information content (AvgIpc) is 2.67. The molecule has 0 bridgehead atoms. The second-order valence-corrected chi connectivity index (χ2v) is 6.02. The van der Waals surface area contributed by atoms with Crippen molar-refractivity contribution in [2.24, 2.45) is 0 Å². The van der Waals surface area contributed by atoms with Crippen LogP contribution in [0.15, 0.2) is 64.8 Å². The highest BCUT2D eigenvalue weighted by molar-refractivity contribution is 9.10. The Morgan fingerprint density at radius 1 is 1.15 bits per heavy atom. The number of hydrogen-bond donors (Lipinski definition) is 2. The van der Waals surface area contributed by atoms with E-state index in [-0.39, 0.29) is 5.57 Å². The minimum Gasteiger partial charge on any atom is -0.497 e. The summed E-state index contributed by atoms with van der Waals surface area (Å²) in [5.41, 5.74) is 0.597. The van der Waals surface area contributed by atoms with Gasteiger partial charge >= 0.3 is 0 Å². The minimum absolute atomic E-state index is 0.0163. The zero-order valence-electron chi connectivity index (χ0n) is 14.2. The van der Waals surface area contributed by atoms with E-state index in [0.29, 0.717) is 24.6 Å². The van der Waals surface area contributed by atoms with Crippen LogP contribution in [0.5, 0.6) is 11.5 Å². The van der Waals surface area contributed by atoms with Crippen molar-refractivity contribution in [1.29, 1.82) is 5.26 Å². The molecule has 0 radical (unpaired) electrons. The van der Waals surface area contributed by atoms with Crippen molar-refractivity contribution in [3.8, 4) is 17.6 Å². The Morgan fingerprint density at radius 2 is 1.81 bits per heavy atom. The standard InChI is InChI=1S/C19H18BrN3O3/c1-25-17-6-8-18(9-7-17)26-11-10-22-13-14(12-21)19(24)23-16-4-2-15(20)3-5-16/h2-9,13,22H,10-11H2,1H3,(H,23,24)/b14-13-. The Kier molecular flexibility index (Phi) is 7.52. The lowest BCUT2D eigenvalue weighted by atomic mass is 10.2. The Bertz CT molecular complexity index is 796. The van der Waals surface area contributed by atoms with Gasteiger partial charge in [0, 0.05) is 22.9 Å². The predicted molar refractivity (Wildman–Crippen MR) is 103 cm³/mol. The molecule has 0 fully saturated rings. The summed E-state index contributed by atoms with van der Waals surface area (Å²) in [4.78, 5) is 12.1. The van der Waals surface area contributed by atoms with Crippen molar-refractivity contribution in [1.82, 2.24) is 5.32 Å². The lowest BCUT2D eigenvalue weighted by Crippen LogP contribution is -2.20. The molecule has 0 heterocycles. The first-order valence-electron chi connectivity index (χ1n) is 7.80. The van der Waals surface area contributed by atoms with Crippen LogP contribution in [-0.4, -0.2) is 26.2 Å². The van der Waals surface area contributed by atoms with Crippen LogP contribution in [0.1, 0.15) is 0 Å². The molecule has 0 unspecified atom stereocenters. The highest BCUT2D eigenvalue weighted by Gasteiger charge is 2.08. The molecule has 0 saturated carbocycles. The van der Waals surface area contributed by atoms with Gasteiger partial charge in [0.1, 0.15) is 29.7 Å². The predicted octanol–water partition coefficient (Wildman–Crippen LogP) is 3.47. The molecule has 2 N–H and O–H groups in total. The summed E-state index contributed by atoms with van der Waals surface area (Å²) in [6, 6.07) is 16.2. The van der Waals surface area contributed by atoms with Crippen LogP contribution in [0.3, 0.4) is 0 Å². The molecule has 134 valence electrons. The molecule has 7 heteroatoms. The third-order valence-electron chi connectivity index (χ3n) is 3.29. The van der Waals surface area contributed by atoms with Crippen LogP contribution in [0.4, 0.5) is 5.69 Å². The molecule has 0 aliphatic carbocycles. The lowest BCUT2D eigenvalue weighted by Gasteiger charge is -2.08. The van der Waals surface area contributed by atoms with Crippen molar-refractivity contribution >= 4 is 27.5 Å². The Morgan fingerprint density at radius 3 is 2.42 bits per heavy atom. The molecule has 0 saturated heterocycles. The number of methoxy groups -OCH3 is 1. The third kappa shape index (κ3) is 6.15.